The van der Waals surface area contributed by atoms with Crippen molar-refractivity contribution in [3.63, 3.8) is 0 Å². The van der Waals surface area contributed by atoms with E-state index in [1.165, 1.54) is 37.8 Å². The summed E-state index contributed by atoms with van der Waals surface area (Å²) >= 11 is 0. The van der Waals surface area contributed by atoms with Crippen LogP contribution in [-0.2, 0) is 0 Å². The van der Waals surface area contributed by atoms with Crippen molar-refractivity contribution in [2.45, 2.75) is 45.6 Å². The molecule has 1 amide bonds. The fourth-order valence-electron chi connectivity index (χ4n) is 5.36. The smallest absolute Gasteiger partial charge is 0.259 e. The molecule has 29 heavy (non-hydrogen) atoms. The van der Waals surface area contributed by atoms with E-state index in [-0.39, 0.29) is 17.8 Å². The summed E-state index contributed by atoms with van der Waals surface area (Å²) < 4.78 is 18.8. The fraction of sp³-hybridized carbons (Fsp3) is 0.435. The highest BCUT2D eigenvalue weighted by Gasteiger charge is 2.42. The molecule has 2 bridgehead atoms. The quantitative estimate of drug-likeness (QED) is 0.685. The number of aromatic nitrogens is 2. The lowest BCUT2D eigenvalue weighted by Gasteiger charge is -2.28. The van der Waals surface area contributed by atoms with Gasteiger partial charge in [0.1, 0.15) is 11.5 Å². The molecule has 2 aliphatic rings. The van der Waals surface area contributed by atoms with Crippen LogP contribution in [0.4, 0.5) is 4.39 Å². The van der Waals surface area contributed by atoms with Crippen molar-refractivity contribution in [3.8, 4) is 11.3 Å². The Hall–Kier alpha value is -2.76. The van der Waals surface area contributed by atoms with E-state index < -0.39 is 0 Å². The SMILES string of the molecule is Cc1cc(C(=O)N[C@@H](C)[C@H]2C[C@H]3CC[C@H]2C3)c2c(-c3ccc(F)cc3)noc2n1. The van der Waals surface area contributed by atoms with Gasteiger partial charge in [-0.05, 0) is 81.2 Å². The van der Waals surface area contributed by atoms with E-state index in [4.69, 9.17) is 4.52 Å². The lowest BCUT2D eigenvalue weighted by molar-refractivity contribution is 0.0917. The average molecular weight is 393 g/mol. The third-order valence-electron chi connectivity index (χ3n) is 6.73. The van der Waals surface area contributed by atoms with Crippen LogP contribution in [0.1, 0.15) is 48.7 Å². The first-order valence-electron chi connectivity index (χ1n) is 10.3. The Balaban J connectivity index is 1.49. The number of hydrogen-bond acceptors (Lipinski definition) is 4. The number of fused-ring (bicyclic) bond motifs is 3. The molecule has 0 saturated heterocycles. The van der Waals surface area contributed by atoms with Gasteiger partial charge in [0.25, 0.3) is 11.6 Å². The van der Waals surface area contributed by atoms with Crippen molar-refractivity contribution in [3.05, 3.63) is 47.4 Å². The van der Waals surface area contributed by atoms with Gasteiger partial charge in [-0.15, -0.1) is 0 Å². The molecule has 2 heterocycles. The molecule has 2 aromatic heterocycles. The van der Waals surface area contributed by atoms with Gasteiger partial charge in [-0.25, -0.2) is 9.37 Å². The largest absolute Gasteiger partial charge is 0.349 e. The van der Waals surface area contributed by atoms with E-state index in [2.05, 4.69) is 22.4 Å². The molecule has 0 radical (unpaired) electrons. The number of carbonyl (C=O) groups excluding carboxylic acids is 1. The normalized spacial score (nSPS) is 24.2. The fourth-order valence-corrected chi connectivity index (χ4v) is 5.36. The molecule has 0 unspecified atom stereocenters. The van der Waals surface area contributed by atoms with Crippen LogP contribution in [0.5, 0.6) is 0 Å². The Bertz CT molecular complexity index is 1080. The van der Waals surface area contributed by atoms with Crippen LogP contribution in [0.3, 0.4) is 0 Å². The summed E-state index contributed by atoms with van der Waals surface area (Å²) in [6.45, 7) is 3.94. The second-order valence-corrected chi connectivity index (χ2v) is 8.63. The van der Waals surface area contributed by atoms with E-state index in [1.807, 2.05) is 6.92 Å². The second-order valence-electron chi connectivity index (χ2n) is 8.63. The molecule has 0 aliphatic heterocycles. The van der Waals surface area contributed by atoms with Crippen LogP contribution in [-0.4, -0.2) is 22.1 Å². The minimum atomic E-state index is -0.326. The summed E-state index contributed by atoms with van der Waals surface area (Å²) in [5.41, 5.74) is 2.71. The third kappa shape index (κ3) is 3.20. The van der Waals surface area contributed by atoms with Gasteiger partial charge in [0.15, 0.2) is 0 Å². The van der Waals surface area contributed by atoms with Crippen LogP contribution in [0.25, 0.3) is 22.4 Å². The Kier molecular flexibility index (Phi) is 4.37. The lowest BCUT2D eigenvalue weighted by Crippen LogP contribution is -2.40. The van der Waals surface area contributed by atoms with Gasteiger partial charge in [0.05, 0.1) is 10.9 Å². The molecule has 3 aromatic rings. The Morgan fingerprint density at radius 3 is 2.72 bits per heavy atom. The summed E-state index contributed by atoms with van der Waals surface area (Å²) in [4.78, 5) is 17.6. The highest BCUT2D eigenvalue weighted by atomic mass is 19.1. The van der Waals surface area contributed by atoms with Gasteiger partial charge in [-0.2, -0.15) is 0 Å². The van der Waals surface area contributed by atoms with Crippen molar-refractivity contribution >= 4 is 17.0 Å². The van der Waals surface area contributed by atoms with Crippen molar-refractivity contribution in [1.29, 1.82) is 0 Å². The van der Waals surface area contributed by atoms with E-state index in [1.54, 1.807) is 18.2 Å². The number of nitrogens with one attached hydrogen (secondary N) is 1. The summed E-state index contributed by atoms with van der Waals surface area (Å²) in [6, 6.07) is 7.89. The molecular formula is C23H24FN3O2. The maximum Gasteiger partial charge on any atom is 0.259 e. The van der Waals surface area contributed by atoms with E-state index >= 15 is 0 Å². The Morgan fingerprint density at radius 1 is 1.24 bits per heavy atom. The Labute approximate surface area is 168 Å². The van der Waals surface area contributed by atoms with Crippen molar-refractivity contribution in [2.24, 2.45) is 17.8 Å². The molecule has 5 nitrogen and oxygen atoms in total. The zero-order chi connectivity index (χ0) is 20.1. The first-order chi connectivity index (χ1) is 14.0. The predicted octanol–water partition coefficient (Wildman–Crippen LogP) is 4.89. The number of halogens is 1. The summed E-state index contributed by atoms with van der Waals surface area (Å²) in [6.07, 6.45) is 5.15. The molecule has 2 saturated carbocycles. The molecule has 5 rings (SSSR count). The zero-order valence-corrected chi connectivity index (χ0v) is 16.6. The number of benzene rings is 1. The van der Waals surface area contributed by atoms with Crippen LogP contribution >= 0.6 is 0 Å². The maximum absolute atomic E-state index is 13.3. The number of hydrogen-bond donors (Lipinski definition) is 1. The van der Waals surface area contributed by atoms with E-state index in [0.29, 0.717) is 39.5 Å². The van der Waals surface area contributed by atoms with Gasteiger partial charge in [-0.1, -0.05) is 11.6 Å². The standard InChI is InChI=1S/C23H24FN3O2/c1-12-9-19(22(28)26-13(2)18-11-14-3-4-16(18)10-14)20-21(27-29-23(20)25-12)15-5-7-17(24)8-6-15/h5-9,13-14,16,18H,3-4,10-11H2,1-2H3,(H,26,28)/t13-,14-,16-,18+/m0/s1. The molecule has 1 N–H and O–H groups in total. The molecule has 1 aromatic carbocycles. The van der Waals surface area contributed by atoms with Gasteiger partial charge in [0, 0.05) is 17.3 Å². The molecular weight excluding hydrogens is 369 g/mol. The predicted molar refractivity (Wildman–Crippen MR) is 108 cm³/mol. The summed E-state index contributed by atoms with van der Waals surface area (Å²) in [5.74, 6) is 1.66. The monoisotopic (exact) mass is 393 g/mol. The van der Waals surface area contributed by atoms with Crippen LogP contribution in [0, 0.1) is 30.5 Å². The number of carbonyl (C=O) groups is 1. The van der Waals surface area contributed by atoms with Crippen molar-refractivity contribution < 1.29 is 13.7 Å². The van der Waals surface area contributed by atoms with Gasteiger partial charge in [0.2, 0.25) is 0 Å². The van der Waals surface area contributed by atoms with E-state index in [9.17, 15) is 9.18 Å². The number of amides is 1. The number of pyridine rings is 1. The second kappa shape index (κ2) is 6.94. The summed E-state index contributed by atoms with van der Waals surface area (Å²) in [5, 5.41) is 7.92. The van der Waals surface area contributed by atoms with Gasteiger partial charge < -0.3 is 9.84 Å². The minimum Gasteiger partial charge on any atom is -0.349 e. The maximum atomic E-state index is 13.3. The number of aryl methyl sites for hydroxylation is 1. The number of rotatable bonds is 4. The molecule has 2 aliphatic carbocycles. The molecule has 150 valence electrons. The van der Waals surface area contributed by atoms with E-state index in [0.717, 1.165) is 11.8 Å². The molecule has 6 heteroatoms. The minimum absolute atomic E-state index is 0.121. The topological polar surface area (TPSA) is 68.0 Å². The third-order valence-corrected chi connectivity index (χ3v) is 6.73. The first-order valence-corrected chi connectivity index (χ1v) is 10.3. The molecule has 0 spiro atoms. The van der Waals surface area contributed by atoms with Gasteiger partial charge >= 0.3 is 0 Å². The van der Waals surface area contributed by atoms with Crippen LogP contribution < -0.4 is 5.32 Å². The molecule has 4 atom stereocenters. The lowest BCUT2D eigenvalue weighted by atomic mass is 9.84. The van der Waals surface area contributed by atoms with Crippen molar-refractivity contribution in [2.75, 3.05) is 0 Å². The highest BCUT2D eigenvalue weighted by molar-refractivity contribution is 6.09. The first kappa shape index (κ1) is 18.3. The highest BCUT2D eigenvalue weighted by Crippen LogP contribution is 2.49. The van der Waals surface area contributed by atoms with Crippen LogP contribution in [0.2, 0.25) is 0 Å². The summed E-state index contributed by atoms with van der Waals surface area (Å²) in [7, 11) is 0. The van der Waals surface area contributed by atoms with Crippen molar-refractivity contribution in [1.82, 2.24) is 15.5 Å². The molecule has 2 fully saturated rings. The number of nitrogens with zero attached hydrogens (tertiary/aromatic N) is 2. The zero-order valence-electron chi connectivity index (χ0n) is 16.6. The van der Waals surface area contributed by atoms with Crippen LogP contribution in [0.15, 0.2) is 34.9 Å². The van der Waals surface area contributed by atoms with Gasteiger partial charge in [-0.3, -0.25) is 4.79 Å². The Morgan fingerprint density at radius 2 is 2.03 bits per heavy atom. The average Bonchev–Trinajstić information content (AvgIpc) is 3.43.